The van der Waals surface area contributed by atoms with Crippen LogP contribution in [0.15, 0.2) is 0 Å². The smallest absolute Gasteiger partial charge is 0.310 e. The van der Waals surface area contributed by atoms with Gasteiger partial charge in [-0.1, -0.05) is 6.42 Å². The minimum absolute atomic E-state index is 0.403. The van der Waals surface area contributed by atoms with Crippen molar-refractivity contribution in [2.45, 2.75) is 24.5 Å². The molecule has 5 nitrogen and oxygen atoms in total. The first-order chi connectivity index (χ1) is 8.45. The maximum absolute atomic E-state index is 12.4. The predicted molar refractivity (Wildman–Crippen MR) is 73.1 cm³/mol. The van der Waals surface area contributed by atoms with E-state index in [1.54, 1.807) is 18.8 Å². The summed E-state index contributed by atoms with van der Waals surface area (Å²) in [5, 5.41) is -0.614. The fourth-order valence-electron chi connectivity index (χ4n) is 2.28. The Hall–Kier alpha value is -0.270. The Kier molecular flexibility index (Phi) is 5.94. The van der Waals surface area contributed by atoms with Gasteiger partial charge >= 0.3 is 5.97 Å². The van der Waals surface area contributed by atoms with Gasteiger partial charge in [0, 0.05) is 19.3 Å². The third kappa shape index (κ3) is 3.39. The Morgan fingerprint density at radius 3 is 2.67 bits per heavy atom. The van der Waals surface area contributed by atoms with Crippen LogP contribution < -0.4 is 0 Å². The number of esters is 1. The van der Waals surface area contributed by atoms with Gasteiger partial charge in [0.15, 0.2) is 0 Å². The van der Waals surface area contributed by atoms with Gasteiger partial charge < -0.3 is 4.74 Å². The number of rotatable bonds is 6. The molecule has 1 fully saturated rings. The number of methoxy groups -OCH3 is 1. The minimum Gasteiger partial charge on any atom is -0.469 e. The SMILES string of the molecule is COC(=O)C1CCCC1S(=O)(=O)N(C)CCSC. The van der Waals surface area contributed by atoms with Gasteiger partial charge in [-0.15, -0.1) is 0 Å². The van der Waals surface area contributed by atoms with Crippen molar-refractivity contribution in [3.05, 3.63) is 0 Å². The van der Waals surface area contributed by atoms with E-state index >= 15 is 0 Å². The number of hydrogen-bond donors (Lipinski definition) is 0. The molecule has 1 saturated carbocycles. The van der Waals surface area contributed by atoms with Crippen LogP contribution in [0.4, 0.5) is 0 Å². The lowest BCUT2D eigenvalue weighted by Gasteiger charge is -2.24. The predicted octanol–water partition coefficient (Wildman–Crippen LogP) is 0.953. The van der Waals surface area contributed by atoms with Gasteiger partial charge in [-0.2, -0.15) is 11.8 Å². The second-order valence-electron chi connectivity index (χ2n) is 4.46. The molecule has 0 spiro atoms. The van der Waals surface area contributed by atoms with Crippen LogP contribution in [0.5, 0.6) is 0 Å². The molecule has 7 heteroatoms. The highest BCUT2D eigenvalue weighted by molar-refractivity contribution is 7.98. The second-order valence-corrected chi connectivity index (χ2v) is 7.70. The molecule has 0 radical (unpaired) electrons. The van der Waals surface area contributed by atoms with E-state index in [9.17, 15) is 13.2 Å². The average Bonchev–Trinajstić information content (AvgIpc) is 2.84. The molecule has 0 N–H and O–H groups in total. The zero-order valence-corrected chi connectivity index (χ0v) is 12.7. The highest BCUT2D eigenvalue weighted by Crippen LogP contribution is 2.33. The lowest BCUT2D eigenvalue weighted by Crippen LogP contribution is -2.41. The highest BCUT2D eigenvalue weighted by Gasteiger charge is 2.43. The molecule has 2 atom stereocenters. The Balaban J connectivity index is 2.80. The monoisotopic (exact) mass is 295 g/mol. The maximum atomic E-state index is 12.4. The van der Waals surface area contributed by atoms with E-state index in [1.807, 2.05) is 6.26 Å². The second kappa shape index (κ2) is 6.77. The Labute approximate surface area is 113 Å². The van der Waals surface area contributed by atoms with Crippen LogP contribution in [0.25, 0.3) is 0 Å². The van der Waals surface area contributed by atoms with Gasteiger partial charge in [0.1, 0.15) is 0 Å². The Morgan fingerprint density at radius 1 is 1.44 bits per heavy atom. The third-order valence-electron chi connectivity index (χ3n) is 3.38. The van der Waals surface area contributed by atoms with Gasteiger partial charge in [-0.05, 0) is 19.1 Å². The molecule has 0 heterocycles. The lowest BCUT2D eigenvalue weighted by molar-refractivity contribution is -0.145. The summed E-state index contributed by atoms with van der Waals surface area (Å²) in [5.41, 5.74) is 0. The van der Waals surface area contributed by atoms with E-state index < -0.39 is 27.2 Å². The number of sulfonamides is 1. The van der Waals surface area contributed by atoms with Crippen LogP contribution in [0.3, 0.4) is 0 Å². The first kappa shape index (κ1) is 15.8. The molecule has 1 aliphatic rings. The molecule has 0 aromatic rings. The van der Waals surface area contributed by atoms with Crippen molar-refractivity contribution < 1.29 is 17.9 Å². The largest absolute Gasteiger partial charge is 0.469 e. The van der Waals surface area contributed by atoms with E-state index in [1.165, 1.54) is 11.4 Å². The summed E-state index contributed by atoms with van der Waals surface area (Å²) >= 11 is 1.60. The molecular weight excluding hydrogens is 274 g/mol. The number of carbonyl (C=O) groups excluding carboxylic acids is 1. The van der Waals surface area contributed by atoms with Crippen molar-refractivity contribution in [3.8, 4) is 0 Å². The van der Waals surface area contributed by atoms with E-state index in [0.717, 1.165) is 12.2 Å². The van der Waals surface area contributed by atoms with Crippen LogP contribution in [0, 0.1) is 5.92 Å². The zero-order valence-electron chi connectivity index (χ0n) is 11.1. The van der Waals surface area contributed by atoms with Crippen LogP contribution in [0.1, 0.15) is 19.3 Å². The summed E-state index contributed by atoms with van der Waals surface area (Å²) in [5.74, 6) is -0.151. The quantitative estimate of drug-likeness (QED) is 0.683. The highest BCUT2D eigenvalue weighted by atomic mass is 32.2. The Bertz CT molecular complexity index is 383. The molecule has 1 rings (SSSR count). The molecule has 0 bridgehead atoms. The fraction of sp³-hybridized carbons (Fsp3) is 0.909. The van der Waals surface area contributed by atoms with Crippen LogP contribution in [0.2, 0.25) is 0 Å². The molecule has 0 aliphatic heterocycles. The van der Waals surface area contributed by atoms with Crippen LogP contribution in [-0.2, 0) is 19.6 Å². The van der Waals surface area contributed by atoms with Gasteiger partial charge in [0.05, 0.1) is 18.3 Å². The van der Waals surface area contributed by atoms with Crippen molar-refractivity contribution in [1.29, 1.82) is 0 Å². The van der Waals surface area contributed by atoms with Crippen molar-refractivity contribution in [2.75, 3.05) is 32.7 Å². The molecule has 0 aromatic carbocycles. The first-order valence-electron chi connectivity index (χ1n) is 5.97. The van der Waals surface area contributed by atoms with Crippen molar-refractivity contribution in [1.82, 2.24) is 4.31 Å². The summed E-state index contributed by atoms with van der Waals surface area (Å²) < 4.78 is 30.8. The van der Waals surface area contributed by atoms with E-state index in [-0.39, 0.29) is 0 Å². The lowest BCUT2D eigenvalue weighted by atomic mass is 10.1. The molecule has 106 valence electrons. The molecular formula is C11H21NO4S2. The molecule has 2 unspecified atom stereocenters. The third-order valence-corrected chi connectivity index (χ3v) is 6.36. The number of ether oxygens (including phenoxy) is 1. The Morgan fingerprint density at radius 2 is 2.11 bits per heavy atom. The van der Waals surface area contributed by atoms with Gasteiger partial charge in [-0.25, -0.2) is 12.7 Å². The van der Waals surface area contributed by atoms with Crippen molar-refractivity contribution in [2.24, 2.45) is 5.92 Å². The van der Waals surface area contributed by atoms with Crippen molar-refractivity contribution in [3.63, 3.8) is 0 Å². The molecule has 18 heavy (non-hydrogen) atoms. The van der Waals surface area contributed by atoms with E-state index in [0.29, 0.717) is 19.4 Å². The van der Waals surface area contributed by atoms with Gasteiger partial charge in [0.25, 0.3) is 0 Å². The maximum Gasteiger partial charge on any atom is 0.310 e. The number of carbonyl (C=O) groups is 1. The van der Waals surface area contributed by atoms with Crippen LogP contribution in [-0.4, -0.2) is 56.7 Å². The minimum atomic E-state index is -3.40. The summed E-state index contributed by atoms with van der Waals surface area (Å²) in [6.45, 7) is 0.480. The molecule has 0 aromatic heterocycles. The first-order valence-corrected chi connectivity index (χ1v) is 8.86. The van der Waals surface area contributed by atoms with Crippen molar-refractivity contribution >= 4 is 27.8 Å². The standard InChI is InChI=1S/C11H21NO4S2/c1-12(7-8-17-3)18(14,15)10-6-4-5-9(10)11(13)16-2/h9-10H,4-8H2,1-3H3. The summed E-state index contributed by atoms with van der Waals surface area (Å²) in [6.07, 6.45) is 3.85. The summed E-state index contributed by atoms with van der Waals surface area (Å²) in [6, 6.07) is 0. The number of thioether (sulfide) groups is 1. The normalized spacial score (nSPS) is 24.4. The number of hydrogen-bond acceptors (Lipinski definition) is 5. The topological polar surface area (TPSA) is 63.7 Å². The van der Waals surface area contributed by atoms with E-state index in [2.05, 4.69) is 0 Å². The van der Waals surface area contributed by atoms with Gasteiger partial charge in [-0.3, -0.25) is 4.79 Å². The molecule has 1 aliphatic carbocycles. The summed E-state index contributed by atoms with van der Waals surface area (Å²) in [4.78, 5) is 11.6. The zero-order chi connectivity index (χ0) is 13.8. The summed E-state index contributed by atoms with van der Waals surface area (Å²) in [7, 11) is -0.507. The van der Waals surface area contributed by atoms with Crippen LogP contribution >= 0.6 is 11.8 Å². The molecule has 0 saturated heterocycles. The fourth-order valence-corrected chi connectivity index (χ4v) is 4.79. The van der Waals surface area contributed by atoms with E-state index in [4.69, 9.17) is 4.74 Å². The van der Waals surface area contributed by atoms with Gasteiger partial charge in [0.2, 0.25) is 10.0 Å². The number of nitrogens with zero attached hydrogens (tertiary/aromatic N) is 1. The average molecular weight is 295 g/mol. The molecule has 0 amide bonds.